The van der Waals surface area contributed by atoms with E-state index in [1.54, 1.807) is 30.5 Å². The van der Waals surface area contributed by atoms with Crippen molar-refractivity contribution in [3.8, 4) is 11.5 Å². The Kier molecular flexibility index (Phi) is 9.89. The molecule has 0 saturated carbocycles. The van der Waals surface area contributed by atoms with E-state index in [0.29, 0.717) is 45.7 Å². The van der Waals surface area contributed by atoms with Crippen LogP contribution in [0.25, 0.3) is 0 Å². The fraction of sp³-hybridized carbons (Fsp3) is 0.267. The Morgan fingerprint density at radius 1 is 0.905 bits per heavy atom. The maximum atomic E-state index is 13.4. The Labute approximate surface area is 253 Å². The number of nitrogens with one attached hydrogen (secondary N) is 2. The first kappa shape index (κ1) is 29.3. The summed E-state index contributed by atoms with van der Waals surface area (Å²) in [5, 5.41) is 8.58. The molecule has 2 heterocycles. The van der Waals surface area contributed by atoms with Crippen molar-refractivity contribution in [2.24, 2.45) is 5.10 Å². The molecule has 0 atom stereocenters. The Hall–Kier alpha value is -4.15. The van der Waals surface area contributed by atoms with Gasteiger partial charge in [-0.15, -0.1) is 0 Å². The van der Waals surface area contributed by atoms with Crippen LogP contribution >= 0.6 is 23.2 Å². The first-order valence-electron chi connectivity index (χ1n) is 13.6. The predicted molar refractivity (Wildman–Crippen MR) is 165 cm³/mol. The topological polar surface area (TPSA) is 96.8 Å². The zero-order chi connectivity index (χ0) is 29.3. The van der Waals surface area contributed by atoms with Crippen molar-refractivity contribution in [1.29, 1.82) is 0 Å². The van der Waals surface area contributed by atoms with Gasteiger partial charge < -0.3 is 19.7 Å². The highest BCUT2D eigenvalue weighted by molar-refractivity contribution is 6.35. The molecule has 12 heteroatoms. The van der Waals surface area contributed by atoms with Gasteiger partial charge in [0, 0.05) is 34.4 Å². The van der Waals surface area contributed by atoms with Crippen molar-refractivity contribution in [1.82, 2.24) is 15.0 Å². The molecule has 5 rings (SSSR count). The van der Waals surface area contributed by atoms with E-state index in [-0.39, 0.29) is 18.4 Å². The zero-order valence-corrected chi connectivity index (χ0v) is 24.5. The molecule has 0 amide bonds. The Morgan fingerprint density at radius 2 is 1.69 bits per heavy atom. The van der Waals surface area contributed by atoms with Crippen LogP contribution in [0, 0.1) is 5.82 Å². The Balaban J connectivity index is 1.31. The summed E-state index contributed by atoms with van der Waals surface area (Å²) in [6, 6.07) is 16.8. The molecule has 0 radical (unpaired) electrons. The quantitative estimate of drug-likeness (QED) is 0.133. The lowest BCUT2D eigenvalue weighted by atomic mass is 10.1. The molecule has 0 unspecified atom stereocenters. The lowest BCUT2D eigenvalue weighted by molar-refractivity contribution is 0.269. The SMILES string of the molecule is CCOc1cc(/C=N\Nc2nc(Nc3ccc(F)cc3)nc(N3CCCCC3)n2)ccc1OCc1ccc(Cl)cc1Cl. The van der Waals surface area contributed by atoms with Crippen molar-refractivity contribution < 1.29 is 13.9 Å². The van der Waals surface area contributed by atoms with Gasteiger partial charge in [0.05, 0.1) is 12.8 Å². The number of rotatable bonds is 11. The highest BCUT2D eigenvalue weighted by Gasteiger charge is 2.16. The summed E-state index contributed by atoms with van der Waals surface area (Å²) in [7, 11) is 0. The third-order valence-electron chi connectivity index (χ3n) is 6.41. The van der Waals surface area contributed by atoms with Crippen LogP contribution in [-0.4, -0.2) is 40.9 Å². The molecular weight excluding hydrogens is 580 g/mol. The summed E-state index contributed by atoms with van der Waals surface area (Å²) in [4.78, 5) is 15.8. The summed E-state index contributed by atoms with van der Waals surface area (Å²) in [5.41, 5.74) is 5.16. The van der Waals surface area contributed by atoms with Crippen LogP contribution in [-0.2, 0) is 6.61 Å². The molecule has 1 aliphatic rings. The largest absolute Gasteiger partial charge is 0.490 e. The molecule has 1 aromatic heterocycles. The highest BCUT2D eigenvalue weighted by atomic mass is 35.5. The monoisotopic (exact) mass is 609 g/mol. The minimum absolute atomic E-state index is 0.262. The summed E-state index contributed by atoms with van der Waals surface area (Å²) in [6.45, 7) is 4.35. The van der Waals surface area contributed by atoms with E-state index < -0.39 is 0 Å². The summed E-state index contributed by atoms with van der Waals surface area (Å²) in [6.07, 6.45) is 4.96. The fourth-order valence-electron chi connectivity index (χ4n) is 4.32. The van der Waals surface area contributed by atoms with Gasteiger partial charge in [0.2, 0.25) is 17.8 Å². The molecule has 0 spiro atoms. The van der Waals surface area contributed by atoms with Gasteiger partial charge in [0.15, 0.2) is 11.5 Å². The van der Waals surface area contributed by atoms with Crippen LogP contribution in [0.1, 0.15) is 37.3 Å². The Morgan fingerprint density at radius 3 is 2.45 bits per heavy atom. The van der Waals surface area contributed by atoms with Gasteiger partial charge in [0.1, 0.15) is 12.4 Å². The molecule has 0 aliphatic carbocycles. The number of halogens is 3. The number of piperidine rings is 1. The minimum Gasteiger partial charge on any atom is -0.490 e. The number of aromatic nitrogens is 3. The second-order valence-electron chi connectivity index (χ2n) is 9.50. The number of ether oxygens (including phenoxy) is 2. The first-order chi connectivity index (χ1) is 20.5. The van der Waals surface area contributed by atoms with E-state index in [1.165, 1.54) is 18.6 Å². The molecule has 0 bridgehead atoms. The standard InChI is InChI=1S/C30H30Cl2FN7O2/c1-2-41-27-16-20(6-13-26(27)42-19-21-7-8-22(31)17-25(21)32)18-34-39-29-36-28(35-24-11-9-23(33)10-12-24)37-30(38-29)40-14-4-3-5-15-40/h6-13,16-18H,2-5,14-15,19H2,1H3,(H2,35,36,37,38,39)/b34-18-. The number of benzene rings is 3. The highest BCUT2D eigenvalue weighted by Crippen LogP contribution is 2.30. The first-order valence-corrected chi connectivity index (χ1v) is 14.4. The van der Waals surface area contributed by atoms with Crippen molar-refractivity contribution in [2.75, 3.05) is 35.3 Å². The van der Waals surface area contributed by atoms with Crippen LogP contribution in [0.4, 0.5) is 27.9 Å². The molecule has 2 N–H and O–H groups in total. The van der Waals surface area contributed by atoms with Crippen LogP contribution in [0.3, 0.4) is 0 Å². The molecule has 218 valence electrons. The minimum atomic E-state index is -0.320. The van der Waals surface area contributed by atoms with Gasteiger partial charge in [-0.1, -0.05) is 29.3 Å². The summed E-state index contributed by atoms with van der Waals surface area (Å²) >= 11 is 12.3. The second-order valence-corrected chi connectivity index (χ2v) is 10.3. The maximum absolute atomic E-state index is 13.4. The predicted octanol–water partition coefficient (Wildman–Crippen LogP) is 7.48. The van der Waals surface area contributed by atoms with Crippen LogP contribution in [0.15, 0.2) is 65.8 Å². The van der Waals surface area contributed by atoms with E-state index in [9.17, 15) is 4.39 Å². The third kappa shape index (κ3) is 7.98. The molecule has 4 aromatic rings. The normalized spacial score (nSPS) is 13.3. The second kappa shape index (κ2) is 14.2. The lowest BCUT2D eigenvalue weighted by Crippen LogP contribution is -2.31. The smallest absolute Gasteiger partial charge is 0.250 e. The van der Waals surface area contributed by atoms with Gasteiger partial charge in [-0.05, 0) is 86.3 Å². The van der Waals surface area contributed by atoms with Crippen molar-refractivity contribution in [3.63, 3.8) is 0 Å². The fourth-order valence-corrected chi connectivity index (χ4v) is 4.78. The average Bonchev–Trinajstić information content (AvgIpc) is 2.99. The van der Waals surface area contributed by atoms with E-state index in [4.69, 9.17) is 32.7 Å². The zero-order valence-electron chi connectivity index (χ0n) is 23.0. The van der Waals surface area contributed by atoms with E-state index >= 15 is 0 Å². The lowest BCUT2D eigenvalue weighted by Gasteiger charge is -2.26. The van der Waals surface area contributed by atoms with E-state index in [2.05, 4.69) is 35.7 Å². The number of nitrogens with zero attached hydrogens (tertiary/aromatic N) is 5. The van der Waals surface area contributed by atoms with Gasteiger partial charge in [-0.3, -0.25) is 0 Å². The summed E-state index contributed by atoms with van der Waals surface area (Å²) in [5.74, 6) is 1.98. The van der Waals surface area contributed by atoms with Gasteiger partial charge in [-0.2, -0.15) is 20.1 Å². The van der Waals surface area contributed by atoms with Crippen LogP contribution < -0.4 is 25.1 Å². The number of hydrogen-bond donors (Lipinski definition) is 2. The number of hydrogen-bond acceptors (Lipinski definition) is 9. The van der Waals surface area contributed by atoms with Gasteiger partial charge >= 0.3 is 0 Å². The van der Waals surface area contributed by atoms with Gasteiger partial charge in [0.25, 0.3) is 0 Å². The average molecular weight is 611 g/mol. The third-order valence-corrected chi connectivity index (χ3v) is 6.99. The molecule has 1 aliphatic heterocycles. The number of hydrazone groups is 1. The van der Waals surface area contributed by atoms with Gasteiger partial charge in [-0.25, -0.2) is 9.82 Å². The summed E-state index contributed by atoms with van der Waals surface area (Å²) < 4.78 is 25.2. The number of anilines is 4. The molecule has 1 saturated heterocycles. The Bertz CT molecular complexity index is 1530. The molecule has 1 fully saturated rings. The molecule has 3 aromatic carbocycles. The van der Waals surface area contributed by atoms with Crippen molar-refractivity contribution in [3.05, 3.63) is 87.7 Å². The maximum Gasteiger partial charge on any atom is 0.250 e. The van der Waals surface area contributed by atoms with Crippen molar-refractivity contribution >= 4 is 52.9 Å². The van der Waals surface area contributed by atoms with Crippen molar-refractivity contribution in [2.45, 2.75) is 32.8 Å². The molecule has 42 heavy (non-hydrogen) atoms. The van der Waals surface area contributed by atoms with Crippen LogP contribution in [0.2, 0.25) is 10.0 Å². The van der Waals surface area contributed by atoms with E-state index in [0.717, 1.165) is 37.1 Å². The van der Waals surface area contributed by atoms with E-state index in [1.807, 2.05) is 31.2 Å². The molecule has 9 nitrogen and oxygen atoms in total. The van der Waals surface area contributed by atoms with Crippen LogP contribution in [0.5, 0.6) is 11.5 Å². The molecular formula is C30H30Cl2FN7O2.